The standard InChI is InChI=1S/C28H33Cl2N5O2S2/c1-2-31-27(37)33-21-8-6-20(7-9-21)25-18-39-28(34-25)38-15-3-4-26(36)32-22-11-13-35(14-12-22)17-19-5-10-23(29)24(30)16-19/h5-10,16,18,22H,2-4,11-15,17H2,1H3,(H,32,36)(H2,31,33,37). The van der Waals surface area contributed by atoms with E-state index >= 15 is 0 Å². The Labute approximate surface area is 248 Å². The van der Waals surface area contributed by atoms with Crippen LogP contribution < -0.4 is 16.0 Å². The van der Waals surface area contributed by atoms with Crippen LogP contribution in [0.25, 0.3) is 11.3 Å². The third kappa shape index (κ3) is 9.39. The summed E-state index contributed by atoms with van der Waals surface area (Å²) in [4.78, 5) is 31.2. The number of nitrogens with zero attached hydrogens (tertiary/aromatic N) is 2. The molecule has 0 aliphatic carbocycles. The van der Waals surface area contributed by atoms with Crippen LogP contribution in [0.4, 0.5) is 10.5 Å². The lowest BCUT2D eigenvalue weighted by molar-refractivity contribution is -0.122. The minimum atomic E-state index is -0.215. The number of rotatable bonds is 11. The molecule has 11 heteroatoms. The van der Waals surface area contributed by atoms with Crippen LogP contribution in [0.2, 0.25) is 10.0 Å². The number of benzene rings is 2. The molecule has 0 spiro atoms. The van der Waals surface area contributed by atoms with Gasteiger partial charge in [0.15, 0.2) is 4.34 Å². The molecule has 1 aliphatic heterocycles. The Morgan fingerprint density at radius 1 is 1.10 bits per heavy atom. The largest absolute Gasteiger partial charge is 0.353 e. The maximum Gasteiger partial charge on any atom is 0.319 e. The highest BCUT2D eigenvalue weighted by molar-refractivity contribution is 8.01. The van der Waals surface area contributed by atoms with Crippen LogP contribution in [0.5, 0.6) is 0 Å². The molecule has 1 fully saturated rings. The fourth-order valence-corrected chi connectivity index (χ4v) is 6.51. The lowest BCUT2D eigenvalue weighted by atomic mass is 10.0. The van der Waals surface area contributed by atoms with Gasteiger partial charge >= 0.3 is 6.03 Å². The zero-order valence-corrected chi connectivity index (χ0v) is 25.0. The fraction of sp³-hybridized carbons (Fsp3) is 0.393. The Hall–Kier alpha value is -2.30. The van der Waals surface area contributed by atoms with E-state index in [-0.39, 0.29) is 18.0 Å². The Balaban J connectivity index is 1.11. The molecular weight excluding hydrogens is 573 g/mol. The average Bonchev–Trinajstić information content (AvgIpc) is 3.39. The molecule has 1 aliphatic rings. The van der Waals surface area contributed by atoms with E-state index in [1.807, 2.05) is 54.8 Å². The number of carbonyl (C=O) groups excluding carboxylic acids is 2. The quantitative estimate of drug-likeness (QED) is 0.163. The first kappa shape index (κ1) is 29.7. The van der Waals surface area contributed by atoms with Crippen molar-refractivity contribution in [2.45, 2.75) is 49.5 Å². The van der Waals surface area contributed by atoms with Crippen molar-refractivity contribution in [3.63, 3.8) is 0 Å². The summed E-state index contributed by atoms with van der Waals surface area (Å²) in [7, 11) is 0. The van der Waals surface area contributed by atoms with Crippen LogP contribution in [0.1, 0.15) is 38.2 Å². The lowest BCUT2D eigenvalue weighted by Gasteiger charge is -2.32. The molecule has 3 N–H and O–H groups in total. The minimum Gasteiger partial charge on any atom is -0.353 e. The van der Waals surface area contributed by atoms with Gasteiger partial charge in [-0.25, -0.2) is 9.78 Å². The Morgan fingerprint density at radius 2 is 1.87 bits per heavy atom. The number of amides is 3. The molecular formula is C28H33Cl2N5O2S2. The highest BCUT2D eigenvalue weighted by atomic mass is 35.5. The molecule has 7 nitrogen and oxygen atoms in total. The number of hydrogen-bond acceptors (Lipinski definition) is 6. The van der Waals surface area contributed by atoms with Gasteiger partial charge in [0.1, 0.15) is 0 Å². The van der Waals surface area contributed by atoms with Crippen LogP contribution in [0.3, 0.4) is 0 Å². The van der Waals surface area contributed by atoms with Crippen molar-refractivity contribution in [3.05, 3.63) is 63.5 Å². The molecule has 1 aromatic heterocycles. The van der Waals surface area contributed by atoms with Crippen LogP contribution in [0, 0.1) is 0 Å². The minimum absolute atomic E-state index is 0.125. The van der Waals surface area contributed by atoms with E-state index in [0.717, 1.165) is 71.5 Å². The van der Waals surface area contributed by atoms with Crippen molar-refractivity contribution in [2.75, 3.05) is 30.7 Å². The number of thiazole rings is 1. The van der Waals surface area contributed by atoms with E-state index in [1.54, 1.807) is 23.1 Å². The van der Waals surface area contributed by atoms with Gasteiger partial charge in [0.05, 0.1) is 15.7 Å². The van der Waals surface area contributed by atoms with Gasteiger partial charge in [-0.05, 0) is 56.0 Å². The number of hydrogen-bond donors (Lipinski definition) is 3. The number of likely N-dealkylation sites (tertiary alicyclic amines) is 1. The third-order valence-corrected chi connectivity index (χ3v) is 9.22. The highest BCUT2D eigenvalue weighted by Crippen LogP contribution is 2.29. The highest BCUT2D eigenvalue weighted by Gasteiger charge is 2.21. The van der Waals surface area contributed by atoms with Crippen LogP contribution >= 0.6 is 46.3 Å². The van der Waals surface area contributed by atoms with Crippen LogP contribution in [-0.2, 0) is 11.3 Å². The van der Waals surface area contributed by atoms with Crippen molar-refractivity contribution in [2.24, 2.45) is 0 Å². The second-order valence-corrected chi connectivity index (χ2v) is 12.4. The van der Waals surface area contributed by atoms with Gasteiger partial charge in [0, 0.05) is 61.0 Å². The molecule has 3 amide bonds. The first-order valence-corrected chi connectivity index (χ1v) is 15.7. The summed E-state index contributed by atoms with van der Waals surface area (Å²) >= 11 is 15.4. The normalized spacial score (nSPS) is 14.2. The molecule has 0 saturated carbocycles. The van der Waals surface area contributed by atoms with Crippen LogP contribution in [0.15, 0.2) is 52.2 Å². The predicted molar refractivity (Wildman–Crippen MR) is 163 cm³/mol. The number of anilines is 1. The summed E-state index contributed by atoms with van der Waals surface area (Å²) in [6.07, 6.45) is 3.23. The van der Waals surface area contributed by atoms with Gasteiger partial charge in [0.25, 0.3) is 0 Å². The number of halogens is 2. The Morgan fingerprint density at radius 3 is 2.59 bits per heavy atom. The summed E-state index contributed by atoms with van der Waals surface area (Å²) in [5, 5.41) is 11.9. The summed E-state index contributed by atoms with van der Waals surface area (Å²) in [5.41, 5.74) is 3.80. The van der Waals surface area contributed by atoms with Gasteiger partial charge in [-0.1, -0.05) is 53.2 Å². The molecule has 2 aromatic carbocycles. The van der Waals surface area contributed by atoms with Crippen molar-refractivity contribution in [1.82, 2.24) is 20.5 Å². The van der Waals surface area contributed by atoms with Gasteiger partial charge in [0.2, 0.25) is 5.91 Å². The monoisotopic (exact) mass is 605 g/mol. The van der Waals surface area contributed by atoms with Gasteiger partial charge in [-0.2, -0.15) is 0 Å². The molecule has 0 bridgehead atoms. The number of thioether (sulfide) groups is 1. The van der Waals surface area contributed by atoms with E-state index < -0.39 is 0 Å². The van der Waals surface area contributed by atoms with Crippen LogP contribution in [-0.4, -0.2) is 53.3 Å². The molecule has 0 unspecified atom stereocenters. The molecule has 208 valence electrons. The fourth-order valence-electron chi connectivity index (χ4n) is 4.34. The SMILES string of the molecule is CCNC(=O)Nc1ccc(-c2csc(SCCCC(=O)NC3CCN(Cc4ccc(Cl)c(Cl)c4)CC3)n2)cc1. The number of nitrogens with one attached hydrogen (secondary N) is 3. The first-order chi connectivity index (χ1) is 18.9. The zero-order chi connectivity index (χ0) is 27.6. The third-order valence-electron chi connectivity index (χ3n) is 6.38. The molecule has 0 atom stereocenters. The van der Waals surface area contributed by atoms with E-state index in [4.69, 9.17) is 28.2 Å². The van der Waals surface area contributed by atoms with E-state index in [2.05, 4.69) is 20.9 Å². The first-order valence-electron chi connectivity index (χ1n) is 13.1. The molecule has 0 radical (unpaired) electrons. The van der Waals surface area contributed by atoms with Gasteiger partial charge in [-0.15, -0.1) is 11.3 Å². The molecule has 3 aromatic rings. The molecule has 1 saturated heterocycles. The van der Waals surface area contributed by atoms with Crippen molar-refractivity contribution < 1.29 is 9.59 Å². The maximum atomic E-state index is 12.5. The smallest absolute Gasteiger partial charge is 0.319 e. The lowest BCUT2D eigenvalue weighted by Crippen LogP contribution is -2.44. The second-order valence-electron chi connectivity index (χ2n) is 9.38. The number of carbonyl (C=O) groups is 2. The molecule has 2 heterocycles. The average molecular weight is 607 g/mol. The Kier molecular flexibility index (Phi) is 11.3. The van der Waals surface area contributed by atoms with Gasteiger partial charge in [-0.3, -0.25) is 9.69 Å². The molecule has 4 rings (SSSR count). The summed E-state index contributed by atoms with van der Waals surface area (Å²) in [5.74, 6) is 0.970. The summed E-state index contributed by atoms with van der Waals surface area (Å²) in [6, 6.07) is 13.4. The second kappa shape index (κ2) is 14.9. The van der Waals surface area contributed by atoms with E-state index in [1.165, 1.54) is 0 Å². The number of urea groups is 1. The van der Waals surface area contributed by atoms with E-state index in [0.29, 0.717) is 23.0 Å². The predicted octanol–water partition coefficient (Wildman–Crippen LogP) is 6.91. The van der Waals surface area contributed by atoms with E-state index in [9.17, 15) is 9.59 Å². The van der Waals surface area contributed by atoms with Gasteiger partial charge < -0.3 is 16.0 Å². The zero-order valence-electron chi connectivity index (χ0n) is 21.8. The molecule has 39 heavy (non-hydrogen) atoms. The van der Waals surface area contributed by atoms with Crippen molar-refractivity contribution in [1.29, 1.82) is 0 Å². The number of piperidine rings is 1. The Bertz CT molecular complexity index is 1250. The van der Waals surface area contributed by atoms with Crippen molar-refractivity contribution in [3.8, 4) is 11.3 Å². The topological polar surface area (TPSA) is 86.4 Å². The van der Waals surface area contributed by atoms with Crippen molar-refractivity contribution >= 4 is 63.9 Å². The number of aromatic nitrogens is 1. The maximum absolute atomic E-state index is 12.5. The summed E-state index contributed by atoms with van der Waals surface area (Å²) in [6.45, 7) is 5.19. The summed E-state index contributed by atoms with van der Waals surface area (Å²) < 4.78 is 0.990.